The van der Waals surface area contributed by atoms with Gasteiger partial charge in [-0.1, -0.05) is 29.8 Å². The summed E-state index contributed by atoms with van der Waals surface area (Å²) in [5, 5.41) is 3.53. The second-order valence-electron chi connectivity index (χ2n) is 5.81. The monoisotopic (exact) mass is 343 g/mol. The first kappa shape index (κ1) is 16.5. The Kier molecular flexibility index (Phi) is 4.58. The largest absolute Gasteiger partial charge is 0.462 e. The fourth-order valence-corrected chi connectivity index (χ4v) is 3.06. The Hall–Kier alpha value is -2.33. The van der Waals surface area contributed by atoms with Crippen LogP contribution in [0.15, 0.2) is 48.5 Å². The van der Waals surface area contributed by atoms with Gasteiger partial charge in [0.05, 0.1) is 17.6 Å². The number of esters is 1. The SMILES string of the molecule is CCOC(=O)c1ccc(NC(=O)C2(c3ccccc3Cl)CC2)cc1. The molecule has 124 valence electrons. The molecule has 24 heavy (non-hydrogen) atoms. The van der Waals surface area contributed by atoms with Gasteiger partial charge in [0.15, 0.2) is 0 Å². The molecule has 1 aliphatic carbocycles. The van der Waals surface area contributed by atoms with Gasteiger partial charge in [0, 0.05) is 10.7 Å². The van der Waals surface area contributed by atoms with Gasteiger partial charge in [0.25, 0.3) is 0 Å². The second kappa shape index (κ2) is 6.65. The van der Waals surface area contributed by atoms with Crippen LogP contribution in [0.1, 0.15) is 35.7 Å². The number of hydrogen-bond acceptors (Lipinski definition) is 3. The van der Waals surface area contributed by atoms with Crippen LogP contribution in [-0.4, -0.2) is 18.5 Å². The van der Waals surface area contributed by atoms with Gasteiger partial charge in [-0.15, -0.1) is 0 Å². The third-order valence-electron chi connectivity index (χ3n) is 4.23. The van der Waals surface area contributed by atoms with Crippen LogP contribution in [0.5, 0.6) is 0 Å². The lowest BCUT2D eigenvalue weighted by Crippen LogP contribution is -2.28. The Bertz CT molecular complexity index is 766. The zero-order valence-electron chi connectivity index (χ0n) is 13.3. The van der Waals surface area contributed by atoms with Crippen LogP contribution >= 0.6 is 11.6 Å². The lowest BCUT2D eigenvalue weighted by molar-refractivity contribution is -0.118. The molecule has 0 aromatic heterocycles. The van der Waals surface area contributed by atoms with Crippen LogP contribution in [0.2, 0.25) is 5.02 Å². The summed E-state index contributed by atoms with van der Waals surface area (Å²) in [4.78, 5) is 24.4. The number of nitrogens with one attached hydrogen (secondary N) is 1. The first-order chi connectivity index (χ1) is 11.6. The highest BCUT2D eigenvalue weighted by molar-refractivity contribution is 6.32. The van der Waals surface area contributed by atoms with Crippen molar-refractivity contribution in [2.24, 2.45) is 0 Å². The third kappa shape index (κ3) is 3.15. The van der Waals surface area contributed by atoms with E-state index in [4.69, 9.17) is 16.3 Å². The number of benzene rings is 2. The van der Waals surface area contributed by atoms with Crippen molar-refractivity contribution in [3.63, 3.8) is 0 Å². The highest BCUT2D eigenvalue weighted by Gasteiger charge is 2.52. The quantitative estimate of drug-likeness (QED) is 0.828. The van der Waals surface area contributed by atoms with E-state index in [1.807, 2.05) is 18.2 Å². The molecule has 1 saturated carbocycles. The maximum absolute atomic E-state index is 12.7. The summed E-state index contributed by atoms with van der Waals surface area (Å²) in [5.74, 6) is -0.440. The van der Waals surface area contributed by atoms with Crippen LogP contribution in [0.3, 0.4) is 0 Å². The molecule has 3 rings (SSSR count). The average molecular weight is 344 g/mol. The minimum atomic E-state index is -0.543. The fraction of sp³-hybridized carbons (Fsp3) is 0.263. The van der Waals surface area contributed by atoms with Crippen molar-refractivity contribution in [3.8, 4) is 0 Å². The van der Waals surface area contributed by atoms with Gasteiger partial charge in [-0.25, -0.2) is 4.79 Å². The maximum Gasteiger partial charge on any atom is 0.338 e. The molecule has 0 heterocycles. The lowest BCUT2D eigenvalue weighted by Gasteiger charge is -2.17. The van der Waals surface area contributed by atoms with Crippen LogP contribution < -0.4 is 5.32 Å². The number of halogens is 1. The Morgan fingerprint density at radius 2 is 1.79 bits per heavy atom. The molecule has 4 nitrogen and oxygen atoms in total. The zero-order valence-corrected chi connectivity index (χ0v) is 14.1. The molecule has 0 bridgehead atoms. The summed E-state index contributed by atoms with van der Waals surface area (Å²) in [6.07, 6.45) is 1.56. The number of anilines is 1. The third-order valence-corrected chi connectivity index (χ3v) is 4.56. The molecule has 0 saturated heterocycles. The van der Waals surface area contributed by atoms with E-state index in [2.05, 4.69) is 5.32 Å². The van der Waals surface area contributed by atoms with E-state index >= 15 is 0 Å². The normalized spacial score (nSPS) is 14.8. The van der Waals surface area contributed by atoms with Crippen molar-refractivity contribution >= 4 is 29.2 Å². The molecular weight excluding hydrogens is 326 g/mol. The van der Waals surface area contributed by atoms with Crippen molar-refractivity contribution in [1.82, 2.24) is 0 Å². The van der Waals surface area contributed by atoms with Crippen molar-refractivity contribution in [3.05, 3.63) is 64.7 Å². The Morgan fingerprint density at radius 3 is 2.38 bits per heavy atom. The topological polar surface area (TPSA) is 55.4 Å². The number of hydrogen-bond donors (Lipinski definition) is 1. The van der Waals surface area contributed by atoms with E-state index in [1.54, 1.807) is 37.3 Å². The fourth-order valence-electron chi connectivity index (χ4n) is 2.75. The molecule has 0 unspecified atom stereocenters. The molecule has 1 amide bonds. The first-order valence-corrected chi connectivity index (χ1v) is 8.28. The Balaban J connectivity index is 1.73. The maximum atomic E-state index is 12.7. The zero-order chi connectivity index (χ0) is 17.2. The molecule has 0 atom stereocenters. The van der Waals surface area contributed by atoms with Crippen molar-refractivity contribution < 1.29 is 14.3 Å². The molecule has 1 aliphatic rings. The first-order valence-electron chi connectivity index (χ1n) is 7.90. The lowest BCUT2D eigenvalue weighted by atomic mass is 9.94. The number of ether oxygens (including phenoxy) is 1. The van der Waals surface area contributed by atoms with E-state index in [-0.39, 0.29) is 11.9 Å². The van der Waals surface area contributed by atoms with Gasteiger partial charge in [0.2, 0.25) is 5.91 Å². The Labute approximate surface area is 145 Å². The van der Waals surface area contributed by atoms with Crippen LogP contribution in [0.25, 0.3) is 0 Å². The molecule has 1 N–H and O–H groups in total. The molecule has 0 radical (unpaired) electrons. The van der Waals surface area contributed by atoms with E-state index in [9.17, 15) is 9.59 Å². The van der Waals surface area contributed by atoms with E-state index < -0.39 is 5.41 Å². The van der Waals surface area contributed by atoms with E-state index in [0.717, 1.165) is 18.4 Å². The summed E-state index contributed by atoms with van der Waals surface area (Å²) >= 11 is 6.25. The predicted octanol–water partition coefficient (Wildman–Crippen LogP) is 4.19. The molecule has 0 spiro atoms. The summed E-state index contributed by atoms with van der Waals surface area (Å²) in [7, 11) is 0. The molecular formula is C19H18ClNO3. The van der Waals surface area contributed by atoms with Gasteiger partial charge >= 0.3 is 5.97 Å². The van der Waals surface area contributed by atoms with Gasteiger partial charge in [-0.2, -0.15) is 0 Å². The summed E-state index contributed by atoms with van der Waals surface area (Å²) < 4.78 is 4.94. The molecule has 2 aromatic rings. The second-order valence-corrected chi connectivity index (χ2v) is 6.22. The van der Waals surface area contributed by atoms with E-state index in [1.165, 1.54) is 0 Å². The average Bonchev–Trinajstić information content (AvgIpc) is 3.38. The summed E-state index contributed by atoms with van der Waals surface area (Å²) in [6, 6.07) is 14.1. The smallest absolute Gasteiger partial charge is 0.338 e. The van der Waals surface area contributed by atoms with Crippen molar-refractivity contribution in [1.29, 1.82) is 0 Å². The van der Waals surface area contributed by atoms with Gasteiger partial charge in [0.1, 0.15) is 0 Å². The minimum Gasteiger partial charge on any atom is -0.462 e. The van der Waals surface area contributed by atoms with Crippen molar-refractivity contribution in [2.75, 3.05) is 11.9 Å². The molecule has 5 heteroatoms. The van der Waals surface area contributed by atoms with E-state index in [0.29, 0.717) is 22.9 Å². The number of carbonyl (C=O) groups is 2. The van der Waals surface area contributed by atoms with Crippen LogP contribution in [0.4, 0.5) is 5.69 Å². The highest BCUT2D eigenvalue weighted by Crippen LogP contribution is 2.51. The van der Waals surface area contributed by atoms with Gasteiger partial charge < -0.3 is 10.1 Å². The minimum absolute atomic E-state index is 0.0699. The number of carbonyl (C=O) groups excluding carboxylic acids is 2. The molecule has 2 aromatic carbocycles. The molecule has 0 aliphatic heterocycles. The van der Waals surface area contributed by atoms with Gasteiger partial charge in [-0.05, 0) is 55.7 Å². The van der Waals surface area contributed by atoms with Crippen molar-refractivity contribution in [2.45, 2.75) is 25.2 Å². The number of amides is 1. The highest BCUT2D eigenvalue weighted by atomic mass is 35.5. The molecule has 1 fully saturated rings. The van der Waals surface area contributed by atoms with Gasteiger partial charge in [-0.3, -0.25) is 4.79 Å². The standard InChI is InChI=1S/C19H18ClNO3/c1-2-24-17(22)13-7-9-14(10-8-13)21-18(23)19(11-12-19)15-5-3-4-6-16(15)20/h3-10H,2,11-12H2,1H3,(H,21,23). The van der Waals surface area contributed by atoms with Crippen LogP contribution in [-0.2, 0) is 14.9 Å². The van der Waals surface area contributed by atoms with Crippen LogP contribution in [0, 0.1) is 0 Å². The Morgan fingerprint density at radius 1 is 1.12 bits per heavy atom. The predicted molar refractivity (Wildman–Crippen MR) is 93.4 cm³/mol. The number of rotatable bonds is 5. The summed E-state index contributed by atoms with van der Waals surface area (Å²) in [5.41, 5.74) is 1.43. The summed E-state index contributed by atoms with van der Waals surface area (Å²) in [6.45, 7) is 2.09.